The van der Waals surface area contributed by atoms with E-state index in [0.717, 1.165) is 0 Å². The summed E-state index contributed by atoms with van der Waals surface area (Å²) in [6, 6.07) is 1.77. The second-order valence-electron chi connectivity index (χ2n) is 8.08. The van der Waals surface area contributed by atoms with Gasteiger partial charge in [0.15, 0.2) is 0 Å². The summed E-state index contributed by atoms with van der Waals surface area (Å²) in [6.45, 7) is 0.563. The van der Waals surface area contributed by atoms with Crippen LogP contribution in [0.25, 0.3) is 0 Å². The van der Waals surface area contributed by atoms with Gasteiger partial charge in [0.1, 0.15) is 6.61 Å². The fraction of sp³-hybridized carbons (Fsp3) is 0.579. The average Bonchev–Trinajstić information content (AvgIpc) is 2.58. The molecule has 30 heavy (non-hydrogen) atoms. The quantitative estimate of drug-likeness (QED) is 0.505. The van der Waals surface area contributed by atoms with Crippen LogP contribution in [0.2, 0.25) is 5.02 Å². The summed E-state index contributed by atoms with van der Waals surface area (Å²) in [5.74, 6) is -4.44. The number of amides is 1. The van der Waals surface area contributed by atoms with Crippen molar-refractivity contribution in [2.24, 2.45) is 17.6 Å². The van der Waals surface area contributed by atoms with E-state index in [2.05, 4.69) is 4.74 Å². The van der Waals surface area contributed by atoms with Gasteiger partial charge in [-0.25, -0.2) is 8.78 Å². The fourth-order valence-corrected chi connectivity index (χ4v) is 4.33. The highest BCUT2D eigenvalue weighted by Crippen LogP contribution is 2.44. The molecule has 5 nitrogen and oxygen atoms in total. The minimum absolute atomic E-state index is 0.0169. The summed E-state index contributed by atoms with van der Waals surface area (Å²) in [7, 11) is 0. The Balaban J connectivity index is 1.52. The summed E-state index contributed by atoms with van der Waals surface area (Å²) in [5, 5.41) is -0.645. The third-order valence-corrected chi connectivity index (χ3v) is 5.91. The molecule has 2 fully saturated rings. The summed E-state index contributed by atoms with van der Waals surface area (Å²) >= 11 is 5.69. The van der Waals surface area contributed by atoms with Crippen molar-refractivity contribution in [3.63, 3.8) is 0 Å². The van der Waals surface area contributed by atoms with Crippen LogP contribution in [0.5, 0.6) is 0 Å². The molecule has 1 aromatic rings. The number of carbonyl (C=O) groups is 2. The highest BCUT2D eigenvalue weighted by Gasteiger charge is 2.49. The average molecular weight is 455 g/mol. The van der Waals surface area contributed by atoms with Crippen molar-refractivity contribution >= 4 is 24.0 Å². The fourth-order valence-electron chi connectivity index (χ4n) is 4.01. The van der Waals surface area contributed by atoms with E-state index in [1.807, 2.05) is 0 Å². The lowest BCUT2D eigenvalue weighted by molar-refractivity contribution is -0.152. The normalized spacial score (nSPS) is 24.8. The lowest BCUT2D eigenvalue weighted by atomic mass is 9.68. The van der Waals surface area contributed by atoms with Crippen molar-refractivity contribution in [1.29, 1.82) is 0 Å². The summed E-state index contributed by atoms with van der Waals surface area (Å²) in [5.41, 5.74) is 3.47. The third-order valence-electron chi connectivity index (χ3n) is 5.60. The lowest BCUT2D eigenvalue weighted by Gasteiger charge is -2.48. The lowest BCUT2D eigenvalue weighted by Crippen LogP contribution is -2.62. The molecular formula is C19H20ClF5N2O3. The van der Waals surface area contributed by atoms with Crippen LogP contribution in [-0.4, -0.2) is 42.5 Å². The maximum absolute atomic E-state index is 14.6. The van der Waals surface area contributed by atoms with E-state index >= 15 is 0 Å². The first kappa shape index (κ1) is 22.7. The molecule has 1 aromatic carbocycles. The molecule has 0 aromatic heterocycles. The number of benzene rings is 1. The van der Waals surface area contributed by atoms with E-state index in [4.69, 9.17) is 17.3 Å². The second kappa shape index (κ2) is 7.96. The zero-order valence-electron chi connectivity index (χ0n) is 15.7. The number of halogens is 6. The molecule has 1 aliphatic carbocycles. The third kappa shape index (κ3) is 4.69. The molecule has 0 unspecified atom stereocenters. The van der Waals surface area contributed by atoms with Crippen molar-refractivity contribution in [3.8, 4) is 0 Å². The smallest absolute Gasteiger partial charge is 0.416 e. The highest BCUT2D eigenvalue weighted by atomic mass is 35.5. The molecule has 0 radical (unpaired) electrons. The van der Waals surface area contributed by atoms with Crippen LogP contribution >= 0.6 is 11.6 Å². The van der Waals surface area contributed by atoms with Gasteiger partial charge in [-0.05, 0) is 25.0 Å². The maximum Gasteiger partial charge on any atom is 0.416 e. The monoisotopic (exact) mass is 454 g/mol. The van der Waals surface area contributed by atoms with Gasteiger partial charge in [0.05, 0.1) is 16.1 Å². The molecule has 2 N–H and O–H groups in total. The number of likely N-dealkylation sites (tertiary alicyclic amines) is 1. The van der Waals surface area contributed by atoms with Gasteiger partial charge < -0.3 is 15.4 Å². The van der Waals surface area contributed by atoms with Gasteiger partial charge in [-0.15, -0.1) is 0 Å². The number of alkyl halides is 5. The summed E-state index contributed by atoms with van der Waals surface area (Å²) in [4.78, 5) is 24.1. The topological polar surface area (TPSA) is 72.6 Å². The Bertz CT molecular complexity index is 821. The Morgan fingerprint density at radius 1 is 1.27 bits per heavy atom. The first-order valence-electron chi connectivity index (χ1n) is 9.22. The Kier molecular flexibility index (Phi) is 6.03. The van der Waals surface area contributed by atoms with Crippen LogP contribution in [0, 0.1) is 11.8 Å². The van der Waals surface area contributed by atoms with Crippen LogP contribution in [0.1, 0.15) is 30.4 Å². The summed E-state index contributed by atoms with van der Waals surface area (Å²) < 4.78 is 71.8. The van der Waals surface area contributed by atoms with E-state index in [-0.39, 0.29) is 38.0 Å². The Hall–Kier alpha value is -1.94. The van der Waals surface area contributed by atoms with Crippen LogP contribution in [0.3, 0.4) is 0 Å². The van der Waals surface area contributed by atoms with Crippen molar-refractivity contribution in [3.05, 3.63) is 34.3 Å². The van der Waals surface area contributed by atoms with E-state index in [1.54, 1.807) is 0 Å². The SMILES string of the molecule is N[C@]1(COC=O)C[C@H](C(=O)N2CC(CC(F)(F)c3ccc(C(F)(F)F)cc3Cl)C2)C1. The molecule has 1 aliphatic heterocycles. The number of hydrogen-bond donors (Lipinski definition) is 1. The molecule has 0 spiro atoms. The van der Waals surface area contributed by atoms with Gasteiger partial charge in [0.25, 0.3) is 12.4 Å². The van der Waals surface area contributed by atoms with Crippen LogP contribution in [0.15, 0.2) is 18.2 Å². The van der Waals surface area contributed by atoms with Crippen LogP contribution in [0.4, 0.5) is 22.0 Å². The number of ether oxygens (including phenoxy) is 1. The number of nitrogens with zero attached hydrogens (tertiary/aromatic N) is 1. The van der Waals surface area contributed by atoms with E-state index in [1.165, 1.54) is 4.90 Å². The Morgan fingerprint density at radius 2 is 1.90 bits per heavy atom. The predicted octanol–water partition coefficient (Wildman–Crippen LogP) is 3.58. The maximum atomic E-state index is 14.6. The van der Waals surface area contributed by atoms with Crippen molar-refractivity contribution < 1.29 is 36.3 Å². The second-order valence-corrected chi connectivity index (χ2v) is 8.49. The number of hydrogen-bond acceptors (Lipinski definition) is 4. The van der Waals surface area contributed by atoms with E-state index in [9.17, 15) is 31.5 Å². The molecule has 2 aliphatic rings. The van der Waals surface area contributed by atoms with E-state index < -0.39 is 46.1 Å². The first-order chi connectivity index (χ1) is 13.8. The van der Waals surface area contributed by atoms with Crippen LogP contribution in [-0.2, 0) is 26.4 Å². The van der Waals surface area contributed by atoms with Gasteiger partial charge in [-0.1, -0.05) is 17.7 Å². The largest absolute Gasteiger partial charge is 0.466 e. The highest BCUT2D eigenvalue weighted by molar-refractivity contribution is 6.31. The first-order valence-corrected chi connectivity index (χ1v) is 9.60. The molecule has 3 rings (SSSR count). The van der Waals surface area contributed by atoms with E-state index in [0.29, 0.717) is 31.0 Å². The van der Waals surface area contributed by atoms with Crippen molar-refractivity contribution in [2.75, 3.05) is 19.7 Å². The molecule has 1 saturated carbocycles. The van der Waals surface area contributed by atoms with Gasteiger partial charge >= 0.3 is 6.18 Å². The standard InChI is InChI=1S/C19H20ClF5N2O3/c20-15-3-13(19(23,24)25)1-2-14(15)18(21,22)4-11-7-27(8-11)16(29)12-5-17(26,6-12)9-30-10-28/h1-3,10-12H,4-9,26H2/t12-,17+. The van der Waals surface area contributed by atoms with Gasteiger partial charge in [0.2, 0.25) is 5.91 Å². The minimum Gasteiger partial charge on any atom is -0.466 e. The minimum atomic E-state index is -4.67. The number of nitrogens with two attached hydrogens (primary N) is 1. The molecule has 0 atom stereocenters. The van der Waals surface area contributed by atoms with Crippen LogP contribution < -0.4 is 5.73 Å². The van der Waals surface area contributed by atoms with Gasteiger partial charge in [-0.2, -0.15) is 13.2 Å². The van der Waals surface area contributed by atoms with Crippen molar-refractivity contribution in [2.45, 2.75) is 36.9 Å². The molecule has 11 heteroatoms. The number of carbonyl (C=O) groups excluding carboxylic acids is 2. The Labute approximate surface area is 174 Å². The zero-order chi connectivity index (χ0) is 22.3. The van der Waals surface area contributed by atoms with Gasteiger partial charge in [-0.3, -0.25) is 9.59 Å². The molecule has 1 amide bonds. The summed E-state index contributed by atoms with van der Waals surface area (Å²) in [6.07, 6.45) is -4.61. The predicted molar refractivity (Wildman–Crippen MR) is 96.7 cm³/mol. The molecular weight excluding hydrogens is 435 g/mol. The zero-order valence-corrected chi connectivity index (χ0v) is 16.5. The molecule has 1 saturated heterocycles. The number of rotatable bonds is 7. The van der Waals surface area contributed by atoms with Gasteiger partial charge in [0, 0.05) is 36.9 Å². The molecule has 1 heterocycles. The van der Waals surface area contributed by atoms with Crippen molar-refractivity contribution in [1.82, 2.24) is 4.90 Å². The Morgan fingerprint density at radius 3 is 2.43 bits per heavy atom. The molecule has 166 valence electrons. The molecule has 0 bridgehead atoms.